The summed E-state index contributed by atoms with van der Waals surface area (Å²) in [5.74, 6) is 0.546. The lowest BCUT2D eigenvalue weighted by molar-refractivity contribution is -0.138. The zero-order chi connectivity index (χ0) is 14.5. The number of aliphatic carboxylic acids is 1. The van der Waals surface area contributed by atoms with Gasteiger partial charge in [0.05, 0.1) is 0 Å². The van der Waals surface area contributed by atoms with Crippen molar-refractivity contribution in [2.24, 2.45) is 5.92 Å². The van der Waals surface area contributed by atoms with Gasteiger partial charge in [-0.15, -0.1) is 0 Å². The van der Waals surface area contributed by atoms with E-state index in [0.717, 1.165) is 12.8 Å². The van der Waals surface area contributed by atoms with Gasteiger partial charge in [0.1, 0.15) is 0 Å². The summed E-state index contributed by atoms with van der Waals surface area (Å²) < 4.78 is 4.97. The zero-order valence-electron chi connectivity index (χ0n) is 11.5. The van der Waals surface area contributed by atoms with Gasteiger partial charge in [-0.25, -0.2) is 0 Å². The molecule has 1 fully saturated rings. The fourth-order valence-electron chi connectivity index (χ4n) is 2.45. The number of nitrogens with zero attached hydrogens (tertiary/aromatic N) is 3. The van der Waals surface area contributed by atoms with E-state index in [0.29, 0.717) is 37.6 Å². The summed E-state index contributed by atoms with van der Waals surface area (Å²) in [4.78, 5) is 28.5. The molecule has 0 spiro atoms. The first-order valence-electron chi connectivity index (χ1n) is 6.83. The van der Waals surface area contributed by atoms with Gasteiger partial charge in [-0.05, 0) is 25.7 Å². The Balaban J connectivity index is 1.73. The van der Waals surface area contributed by atoms with E-state index in [-0.39, 0.29) is 18.2 Å². The van der Waals surface area contributed by atoms with Crippen LogP contribution in [0.5, 0.6) is 0 Å². The third-order valence-electron chi connectivity index (χ3n) is 3.55. The van der Waals surface area contributed by atoms with E-state index < -0.39 is 5.97 Å². The largest absolute Gasteiger partial charge is 0.481 e. The van der Waals surface area contributed by atoms with Crippen molar-refractivity contribution in [2.45, 2.75) is 39.0 Å². The Morgan fingerprint density at radius 3 is 2.65 bits per heavy atom. The SMILES string of the molecule is Cc1noc(CCC(=O)N2CCC(CC(=O)O)CC2)n1. The quantitative estimate of drug-likeness (QED) is 0.865. The first-order valence-corrected chi connectivity index (χ1v) is 6.83. The lowest BCUT2D eigenvalue weighted by atomic mass is 9.93. The molecule has 0 bridgehead atoms. The number of carboxylic acids is 1. The van der Waals surface area contributed by atoms with Crippen LogP contribution >= 0.6 is 0 Å². The number of carbonyl (C=O) groups excluding carboxylic acids is 1. The van der Waals surface area contributed by atoms with Crippen LogP contribution in [0, 0.1) is 12.8 Å². The number of carbonyl (C=O) groups is 2. The summed E-state index contributed by atoms with van der Waals surface area (Å²) in [5, 5.41) is 12.4. The van der Waals surface area contributed by atoms with Gasteiger partial charge in [-0.1, -0.05) is 5.16 Å². The number of amides is 1. The van der Waals surface area contributed by atoms with Crippen molar-refractivity contribution in [1.82, 2.24) is 15.0 Å². The summed E-state index contributed by atoms with van der Waals surface area (Å²) in [6, 6.07) is 0. The highest BCUT2D eigenvalue weighted by molar-refractivity contribution is 5.76. The Morgan fingerprint density at radius 2 is 2.10 bits per heavy atom. The number of carboxylic acid groups (broad SMARTS) is 1. The van der Waals surface area contributed by atoms with Gasteiger partial charge in [0.25, 0.3) is 0 Å². The molecule has 0 saturated carbocycles. The molecule has 2 heterocycles. The molecule has 1 amide bonds. The molecule has 0 aromatic carbocycles. The summed E-state index contributed by atoms with van der Waals surface area (Å²) in [6.45, 7) is 3.02. The van der Waals surface area contributed by atoms with Crippen LogP contribution in [0.2, 0.25) is 0 Å². The molecule has 20 heavy (non-hydrogen) atoms. The maximum atomic E-state index is 12.0. The maximum Gasteiger partial charge on any atom is 0.303 e. The van der Waals surface area contributed by atoms with E-state index in [1.165, 1.54) is 0 Å². The number of rotatable bonds is 5. The first kappa shape index (κ1) is 14.5. The van der Waals surface area contributed by atoms with E-state index in [9.17, 15) is 9.59 Å². The Bertz CT molecular complexity index is 478. The molecule has 0 atom stereocenters. The van der Waals surface area contributed by atoms with E-state index in [2.05, 4.69) is 10.1 Å². The average Bonchev–Trinajstić information content (AvgIpc) is 2.82. The van der Waals surface area contributed by atoms with Crippen molar-refractivity contribution in [3.63, 3.8) is 0 Å². The Labute approximate surface area is 117 Å². The van der Waals surface area contributed by atoms with Gasteiger partial charge >= 0.3 is 5.97 Å². The van der Waals surface area contributed by atoms with Gasteiger partial charge in [0.15, 0.2) is 5.82 Å². The van der Waals surface area contributed by atoms with E-state index in [1.807, 2.05) is 0 Å². The molecule has 110 valence electrons. The maximum absolute atomic E-state index is 12.0. The molecule has 0 unspecified atom stereocenters. The fourth-order valence-corrected chi connectivity index (χ4v) is 2.45. The summed E-state index contributed by atoms with van der Waals surface area (Å²) in [5.41, 5.74) is 0. The third kappa shape index (κ3) is 4.04. The van der Waals surface area contributed by atoms with Crippen LogP contribution < -0.4 is 0 Å². The van der Waals surface area contributed by atoms with Crippen LogP contribution in [0.1, 0.15) is 37.4 Å². The lowest BCUT2D eigenvalue weighted by Crippen LogP contribution is -2.39. The van der Waals surface area contributed by atoms with Crippen molar-refractivity contribution < 1.29 is 19.2 Å². The first-order chi connectivity index (χ1) is 9.54. The normalized spacial score (nSPS) is 16.4. The van der Waals surface area contributed by atoms with Crippen LogP contribution in [0.3, 0.4) is 0 Å². The molecular weight excluding hydrogens is 262 g/mol. The van der Waals surface area contributed by atoms with Gasteiger partial charge in [0, 0.05) is 32.4 Å². The van der Waals surface area contributed by atoms with Gasteiger partial charge in [-0.2, -0.15) is 4.98 Å². The number of likely N-dealkylation sites (tertiary alicyclic amines) is 1. The average molecular weight is 281 g/mol. The highest BCUT2D eigenvalue weighted by Crippen LogP contribution is 2.21. The number of piperidine rings is 1. The van der Waals surface area contributed by atoms with Crippen LogP contribution in [0.4, 0.5) is 0 Å². The minimum absolute atomic E-state index is 0.0645. The molecule has 1 aromatic rings. The zero-order valence-corrected chi connectivity index (χ0v) is 11.5. The van der Waals surface area contributed by atoms with Gasteiger partial charge < -0.3 is 14.5 Å². The number of hydrogen-bond donors (Lipinski definition) is 1. The standard InChI is InChI=1S/C13H19N3O4/c1-9-14-11(20-15-9)2-3-12(17)16-6-4-10(5-7-16)8-13(18)19/h10H,2-8H2,1H3,(H,18,19). The molecular formula is C13H19N3O4. The molecule has 1 aliphatic heterocycles. The molecule has 7 nitrogen and oxygen atoms in total. The Kier molecular flexibility index (Phi) is 4.70. The van der Waals surface area contributed by atoms with Crippen LogP contribution in [0.25, 0.3) is 0 Å². The molecule has 0 radical (unpaired) electrons. The smallest absolute Gasteiger partial charge is 0.303 e. The van der Waals surface area contributed by atoms with Crippen LogP contribution in [0.15, 0.2) is 4.52 Å². The predicted octanol–water partition coefficient (Wildman–Crippen LogP) is 1.02. The molecule has 0 aliphatic carbocycles. The van der Waals surface area contributed by atoms with Crippen molar-refractivity contribution in [3.05, 3.63) is 11.7 Å². The fraction of sp³-hybridized carbons (Fsp3) is 0.692. The molecule has 1 aliphatic rings. The second kappa shape index (κ2) is 6.49. The summed E-state index contributed by atoms with van der Waals surface area (Å²) >= 11 is 0. The minimum atomic E-state index is -0.762. The number of aromatic nitrogens is 2. The third-order valence-corrected chi connectivity index (χ3v) is 3.55. The molecule has 2 rings (SSSR count). The summed E-state index contributed by atoms with van der Waals surface area (Å²) in [7, 11) is 0. The Hall–Kier alpha value is -1.92. The second-order valence-electron chi connectivity index (χ2n) is 5.16. The van der Waals surface area contributed by atoms with E-state index >= 15 is 0 Å². The Morgan fingerprint density at radius 1 is 1.40 bits per heavy atom. The van der Waals surface area contributed by atoms with Crippen molar-refractivity contribution in [2.75, 3.05) is 13.1 Å². The number of hydrogen-bond acceptors (Lipinski definition) is 5. The molecule has 7 heteroatoms. The topological polar surface area (TPSA) is 96.5 Å². The monoisotopic (exact) mass is 281 g/mol. The second-order valence-corrected chi connectivity index (χ2v) is 5.16. The highest BCUT2D eigenvalue weighted by Gasteiger charge is 2.24. The molecule has 1 saturated heterocycles. The molecule has 1 N–H and O–H groups in total. The van der Waals surface area contributed by atoms with Crippen molar-refractivity contribution in [1.29, 1.82) is 0 Å². The van der Waals surface area contributed by atoms with Crippen LogP contribution in [-0.4, -0.2) is 45.1 Å². The van der Waals surface area contributed by atoms with E-state index in [4.69, 9.17) is 9.63 Å². The predicted molar refractivity (Wildman–Crippen MR) is 68.9 cm³/mol. The van der Waals surface area contributed by atoms with Crippen molar-refractivity contribution >= 4 is 11.9 Å². The summed E-state index contributed by atoms with van der Waals surface area (Å²) in [6.07, 6.45) is 2.53. The van der Waals surface area contributed by atoms with Crippen LogP contribution in [-0.2, 0) is 16.0 Å². The number of aryl methyl sites for hydroxylation is 2. The minimum Gasteiger partial charge on any atom is -0.481 e. The van der Waals surface area contributed by atoms with Gasteiger partial charge in [-0.3, -0.25) is 9.59 Å². The van der Waals surface area contributed by atoms with Crippen molar-refractivity contribution in [3.8, 4) is 0 Å². The van der Waals surface area contributed by atoms with Gasteiger partial charge in [0.2, 0.25) is 11.8 Å². The molecule has 1 aromatic heterocycles. The lowest BCUT2D eigenvalue weighted by Gasteiger charge is -2.31. The highest BCUT2D eigenvalue weighted by atomic mass is 16.5. The van der Waals surface area contributed by atoms with E-state index in [1.54, 1.807) is 11.8 Å².